The Labute approximate surface area is 105 Å². The van der Waals surface area contributed by atoms with Crippen molar-refractivity contribution in [2.75, 3.05) is 17.9 Å². The number of hydrogen-bond donors (Lipinski definition) is 0. The molecule has 1 nitrogen and oxygen atoms in total. The lowest BCUT2D eigenvalue weighted by Crippen LogP contribution is -1.81. The predicted octanol–water partition coefficient (Wildman–Crippen LogP) is 3.97. The Morgan fingerprint density at radius 3 is 1.08 bits per heavy atom. The molecule has 0 rings (SSSR count). The van der Waals surface area contributed by atoms with Crippen LogP contribution in [0.5, 0.6) is 0 Å². The topological polar surface area (TPSA) is 17.1 Å². The molecule has 0 amide bonds. The summed E-state index contributed by atoms with van der Waals surface area (Å²) in [7, 11) is -0.611. The Balaban J connectivity index is -0.000000105. The summed E-state index contributed by atoms with van der Waals surface area (Å²) in [6.45, 7) is 0. The zero-order valence-electron chi connectivity index (χ0n) is 6.29. The normalized spacial score (nSPS) is 9.42. The summed E-state index contributed by atoms with van der Waals surface area (Å²) < 4.78 is 7.94. The minimum Gasteiger partial charge on any atom is -0.260 e. The maximum absolute atomic E-state index is 9.56. The molecule has 0 aromatic carbocycles. The lowest BCUT2D eigenvalue weighted by molar-refractivity contribution is 0.690. The third-order valence-corrected chi connectivity index (χ3v) is 0. The van der Waals surface area contributed by atoms with E-state index in [0.29, 0.717) is 0 Å². The van der Waals surface area contributed by atoms with E-state index in [9.17, 15) is 4.21 Å². The Hall–Kier alpha value is 1.89. The second-order valence-electron chi connectivity index (χ2n) is 1.27. The van der Waals surface area contributed by atoms with Crippen molar-refractivity contribution >= 4 is 80.4 Å². The summed E-state index contributed by atoms with van der Waals surface area (Å²) >= 11 is 28.8. The average molecular weight is 317 g/mol. The smallest absolute Gasteiger partial charge is 0.260 e. The number of alkyl halides is 6. The first-order valence-corrected chi connectivity index (χ1v) is 6.82. The van der Waals surface area contributed by atoms with E-state index in [1.165, 1.54) is 0 Å². The summed E-state index contributed by atoms with van der Waals surface area (Å²) in [6.07, 6.45) is 3.28. The van der Waals surface area contributed by atoms with Crippen LogP contribution >= 0.6 is 69.6 Å². The number of hydrogen-bond acceptors (Lipinski definition) is 1. The van der Waals surface area contributed by atoms with Crippen LogP contribution in [0.25, 0.3) is 0 Å². The van der Waals surface area contributed by atoms with Crippen molar-refractivity contribution in [1.29, 1.82) is 0 Å². The van der Waals surface area contributed by atoms with E-state index >= 15 is 0 Å². The van der Waals surface area contributed by atoms with E-state index in [2.05, 4.69) is 0 Å². The van der Waals surface area contributed by atoms with Gasteiger partial charge in [0.05, 0.1) is 5.34 Å². The molecule has 12 heavy (non-hydrogen) atoms. The highest BCUT2D eigenvalue weighted by molar-refractivity contribution is 7.83. The third-order valence-electron chi connectivity index (χ3n) is 0. The van der Waals surface area contributed by atoms with Crippen molar-refractivity contribution < 1.29 is 4.21 Å². The summed E-state index contributed by atoms with van der Waals surface area (Å²) in [5.41, 5.74) is 0. The Morgan fingerprint density at radius 2 is 1.08 bits per heavy atom. The predicted molar refractivity (Wildman–Crippen MR) is 62.7 cm³/mol. The SMILES string of the molecule is CS(C)=O.ClC(Cl)(Cl)Cl.ClCCl. The maximum atomic E-state index is 9.56. The highest BCUT2D eigenvalue weighted by Gasteiger charge is 2.11. The molecule has 0 fully saturated rings. The van der Waals surface area contributed by atoms with Crippen molar-refractivity contribution in [3.63, 3.8) is 0 Å². The summed E-state index contributed by atoms with van der Waals surface area (Å²) in [5.74, 6) is 0. The number of halogens is 6. The molecule has 0 aromatic rings. The van der Waals surface area contributed by atoms with Crippen molar-refractivity contribution in [3.05, 3.63) is 0 Å². The van der Waals surface area contributed by atoms with Crippen LogP contribution < -0.4 is 0 Å². The van der Waals surface area contributed by atoms with Gasteiger partial charge >= 0.3 is 0 Å². The molecule has 8 heteroatoms. The van der Waals surface area contributed by atoms with E-state index in [-0.39, 0.29) is 5.34 Å². The lowest BCUT2D eigenvalue weighted by Gasteiger charge is -1.91. The van der Waals surface area contributed by atoms with Crippen LogP contribution in [0.3, 0.4) is 0 Å². The van der Waals surface area contributed by atoms with Gasteiger partial charge < -0.3 is 0 Å². The summed E-state index contributed by atoms with van der Waals surface area (Å²) in [6, 6.07) is 0. The first-order chi connectivity index (χ1) is 5.15. The van der Waals surface area contributed by atoms with Gasteiger partial charge in [-0.25, -0.2) is 0 Å². The second-order valence-corrected chi connectivity index (χ2v) is 6.99. The van der Waals surface area contributed by atoms with E-state index in [1.807, 2.05) is 0 Å². The molecule has 0 bridgehead atoms. The molecule has 0 aliphatic heterocycles. The minimum atomic E-state index is -1.61. The standard InChI is InChI=1S/C2H6OS.CCl4.CH2Cl2/c1-4(2)3;2-1(3,4)5;2-1-3/h1-2H3;;1H2. The average Bonchev–Trinajstić information content (AvgIpc) is 1.56. The first kappa shape index (κ1) is 19.5. The molecule has 0 radical (unpaired) electrons. The fourth-order valence-corrected chi connectivity index (χ4v) is 0. The molecule has 0 aromatic heterocycles. The zero-order valence-corrected chi connectivity index (χ0v) is 11.6. The van der Waals surface area contributed by atoms with Crippen molar-refractivity contribution in [2.45, 2.75) is 3.25 Å². The van der Waals surface area contributed by atoms with E-state index in [1.54, 1.807) is 12.5 Å². The quantitative estimate of drug-likeness (QED) is 0.618. The molecule has 0 aliphatic rings. The van der Waals surface area contributed by atoms with Crippen molar-refractivity contribution in [2.24, 2.45) is 0 Å². The van der Waals surface area contributed by atoms with Gasteiger partial charge in [-0.1, -0.05) is 46.4 Å². The van der Waals surface area contributed by atoms with Crippen molar-refractivity contribution in [3.8, 4) is 0 Å². The van der Waals surface area contributed by atoms with Gasteiger partial charge in [0, 0.05) is 23.3 Å². The fraction of sp³-hybridized carbons (Fsp3) is 1.00. The highest BCUT2D eigenvalue weighted by atomic mass is 35.6. The van der Waals surface area contributed by atoms with Crippen LogP contribution in [0, 0.1) is 0 Å². The monoisotopic (exact) mass is 314 g/mol. The number of rotatable bonds is 0. The van der Waals surface area contributed by atoms with Gasteiger partial charge in [-0.2, -0.15) is 0 Å². The van der Waals surface area contributed by atoms with E-state index in [0.717, 1.165) is 0 Å². The molecule has 0 spiro atoms. The molecule has 78 valence electrons. The van der Waals surface area contributed by atoms with E-state index < -0.39 is 14.1 Å². The highest BCUT2D eigenvalue weighted by Crippen LogP contribution is 2.29. The molecule has 0 N–H and O–H groups in total. The zero-order chi connectivity index (χ0) is 10.8. The molecule has 0 aliphatic carbocycles. The van der Waals surface area contributed by atoms with Crippen LogP contribution in [0.1, 0.15) is 0 Å². The fourth-order valence-electron chi connectivity index (χ4n) is 0. The summed E-state index contributed by atoms with van der Waals surface area (Å²) in [4.78, 5) is 0. The molecular weight excluding hydrogens is 309 g/mol. The lowest BCUT2D eigenvalue weighted by atomic mass is 11.8. The van der Waals surface area contributed by atoms with Crippen LogP contribution in [-0.4, -0.2) is 25.3 Å². The summed E-state index contributed by atoms with van der Waals surface area (Å²) in [5, 5.41) is 0.194. The van der Waals surface area contributed by atoms with Gasteiger partial charge in [0.25, 0.3) is 3.25 Å². The van der Waals surface area contributed by atoms with Crippen LogP contribution in [0.15, 0.2) is 0 Å². The van der Waals surface area contributed by atoms with Gasteiger partial charge in [-0.05, 0) is 0 Å². The Kier molecular flexibility index (Phi) is 20.9. The molecule has 0 unspecified atom stereocenters. The minimum absolute atomic E-state index is 0.194. The van der Waals surface area contributed by atoms with Gasteiger partial charge in [0.1, 0.15) is 0 Å². The molecular formula is C4H8Cl6OS. The van der Waals surface area contributed by atoms with Crippen LogP contribution in [-0.2, 0) is 10.8 Å². The third kappa shape index (κ3) is 395. The molecule has 0 saturated carbocycles. The van der Waals surface area contributed by atoms with Gasteiger partial charge in [-0.15, -0.1) is 23.2 Å². The Morgan fingerprint density at radius 1 is 1.08 bits per heavy atom. The van der Waals surface area contributed by atoms with Gasteiger partial charge in [-0.3, -0.25) is 4.21 Å². The second kappa shape index (κ2) is 12.9. The van der Waals surface area contributed by atoms with Crippen LogP contribution in [0.4, 0.5) is 0 Å². The largest absolute Gasteiger partial charge is 0.266 e. The van der Waals surface area contributed by atoms with Crippen LogP contribution in [0.2, 0.25) is 0 Å². The Bertz CT molecular complexity index is 92.2. The molecule has 0 atom stereocenters. The van der Waals surface area contributed by atoms with Gasteiger partial charge in [0.15, 0.2) is 0 Å². The van der Waals surface area contributed by atoms with Crippen molar-refractivity contribution in [1.82, 2.24) is 0 Å². The molecule has 0 saturated heterocycles. The van der Waals surface area contributed by atoms with E-state index in [4.69, 9.17) is 69.6 Å². The molecule has 0 heterocycles. The first-order valence-electron chi connectivity index (χ1n) is 2.27. The van der Waals surface area contributed by atoms with Gasteiger partial charge in [0.2, 0.25) is 0 Å². The maximum Gasteiger partial charge on any atom is 0.266 e.